The fourth-order valence-electron chi connectivity index (χ4n) is 3.37. The summed E-state index contributed by atoms with van der Waals surface area (Å²) in [5.41, 5.74) is 0. The number of nitrogens with one attached hydrogen (secondary N) is 2. The monoisotopic (exact) mass is 298 g/mol. The first kappa shape index (κ1) is 16.1. The van der Waals surface area contributed by atoms with E-state index < -0.39 is 5.97 Å². The average Bonchev–Trinajstić information content (AvgIpc) is 2.45. The molecule has 2 rings (SSSR count). The van der Waals surface area contributed by atoms with Crippen molar-refractivity contribution in [3.05, 3.63) is 0 Å². The van der Waals surface area contributed by atoms with Crippen molar-refractivity contribution in [2.24, 2.45) is 11.8 Å². The van der Waals surface area contributed by atoms with Gasteiger partial charge in [0.15, 0.2) is 0 Å². The van der Waals surface area contributed by atoms with Crippen LogP contribution < -0.4 is 10.6 Å². The third kappa shape index (κ3) is 4.88. The van der Waals surface area contributed by atoms with Crippen LogP contribution in [-0.2, 0) is 9.53 Å². The molecular formula is C15H26N2O4. The van der Waals surface area contributed by atoms with E-state index in [1.807, 2.05) is 6.92 Å². The number of carbonyl (C=O) groups excluding carboxylic acids is 1. The maximum atomic E-state index is 11.9. The van der Waals surface area contributed by atoms with Gasteiger partial charge in [0, 0.05) is 19.2 Å². The molecule has 1 saturated heterocycles. The van der Waals surface area contributed by atoms with E-state index >= 15 is 0 Å². The van der Waals surface area contributed by atoms with E-state index in [0.29, 0.717) is 13.2 Å². The zero-order valence-corrected chi connectivity index (χ0v) is 12.6. The molecule has 0 aromatic heterocycles. The lowest BCUT2D eigenvalue weighted by Gasteiger charge is -2.30. The number of rotatable bonds is 4. The van der Waals surface area contributed by atoms with E-state index in [1.54, 1.807) is 0 Å². The van der Waals surface area contributed by atoms with Crippen LogP contribution in [0.4, 0.5) is 4.79 Å². The molecule has 2 aliphatic rings. The lowest BCUT2D eigenvalue weighted by Crippen LogP contribution is -2.47. The van der Waals surface area contributed by atoms with Crippen LogP contribution in [-0.4, -0.2) is 42.4 Å². The van der Waals surface area contributed by atoms with Crippen molar-refractivity contribution in [1.29, 1.82) is 0 Å². The van der Waals surface area contributed by atoms with Crippen molar-refractivity contribution in [3.63, 3.8) is 0 Å². The Kier molecular flexibility index (Phi) is 5.85. The molecule has 4 unspecified atom stereocenters. The number of carboxylic acid groups (broad SMARTS) is 1. The molecule has 2 fully saturated rings. The van der Waals surface area contributed by atoms with Crippen molar-refractivity contribution in [1.82, 2.24) is 10.6 Å². The summed E-state index contributed by atoms with van der Waals surface area (Å²) in [6, 6.07) is -0.0424. The van der Waals surface area contributed by atoms with Crippen LogP contribution in [0.15, 0.2) is 0 Å². The molecule has 1 heterocycles. The predicted molar refractivity (Wildman–Crippen MR) is 78.1 cm³/mol. The van der Waals surface area contributed by atoms with E-state index in [9.17, 15) is 14.7 Å². The van der Waals surface area contributed by atoms with Crippen molar-refractivity contribution in [2.45, 2.75) is 57.6 Å². The summed E-state index contributed by atoms with van der Waals surface area (Å²) in [7, 11) is 0. The first-order chi connectivity index (χ1) is 10.1. The Balaban J connectivity index is 1.73. The molecule has 0 radical (unpaired) electrons. The SMILES string of the molecule is CC1CC(NC(=O)NCC2CCCCC2C(=O)O)CCO1. The molecule has 120 valence electrons. The Morgan fingerprint density at radius 2 is 2.00 bits per heavy atom. The highest BCUT2D eigenvalue weighted by molar-refractivity contribution is 5.74. The van der Waals surface area contributed by atoms with Crippen LogP contribution in [0.25, 0.3) is 0 Å². The molecule has 1 aliphatic heterocycles. The maximum Gasteiger partial charge on any atom is 0.315 e. The second kappa shape index (κ2) is 7.64. The van der Waals surface area contributed by atoms with Gasteiger partial charge >= 0.3 is 12.0 Å². The van der Waals surface area contributed by atoms with Gasteiger partial charge in [-0.15, -0.1) is 0 Å². The summed E-state index contributed by atoms with van der Waals surface area (Å²) in [5, 5.41) is 15.0. The number of carbonyl (C=O) groups is 2. The first-order valence-corrected chi connectivity index (χ1v) is 7.95. The number of ether oxygens (including phenoxy) is 1. The molecule has 3 N–H and O–H groups in total. The molecule has 0 spiro atoms. The molecule has 0 aromatic rings. The maximum absolute atomic E-state index is 11.9. The molecule has 0 aromatic carbocycles. The van der Waals surface area contributed by atoms with Gasteiger partial charge in [0.1, 0.15) is 0 Å². The van der Waals surface area contributed by atoms with Gasteiger partial charge in [-0.2, -0.15) is 0 Å². The standard InChI is InChI=1S/C15H26N2O4/c1-10-8-12(6-7-21-10)17-15(20)16-9-11-4-2-3-5-13(11)14(18)19/h10-13H,2-9H2,1H3,(H,18,19)(H2,16,17,20). The van der Waals surface area contributed by atoms with Gasteiger partial charge in [0.2, 0.25) is 0 Å². The average molecular weight is 298 g/mol. The highest BCUT2D eigenvalue weighted by Gasteiger charge is 2.31. The van der Waals surface area contributed by atoms with Crippen LogP contribution >= 0.6 is 0 Å². The minimum atomic E-state index is -0.736. The molecule has 2 amide bonds. The highest BCUT2D eigenvalue weighted by Crippen LogP contribution is 2.29. The van der Waals surface area contributed by atoms with Gasteiger partial charge in [-0.1, -0.05) is 12.8 Å². The minimum absolute atomic E-state index is 0.0515. The van der Waals surface area contributed by atoms with Gasteiger partial charge in [0.25, 0.3) is 0 Å². The first-order valence-electron chi connectivity index (χ1n) is 7.95. The summed E-state index contributed by atoms with van der Waals surface area (Å²) in [6.45, 7) is 3.13. The molecule has 1 aliphatic carbocycles. The molecule has 1 saturated carbocycles. The van der Waals surface area contributed by atoms with Crippen LogP contribution in [0.3, 0.4) is 0 Å². The molecule has 6 nitrogen and oxygen atoms in total. The zero-order valence-electron chi connectivity index (χ0n) is 12.6. The number of aliphatic carboxylic acids is 1. The highest BCUT2D eigenvalue weighted by atomic mass is 16.5. The van der Waals surface area contributed by atoms with Crippen LogP contribution in [0.5, 0.6) is 0 Å². The summed E-state index contributed by atoms with van der Waals surface area (Å²) < 4.78 is 5.45. The van der Waals surface area contributed by atoms with Crippen LogP contribution in [0.2, 0.25) is 0 Å². The summed E-state index contributed by atoms with van der Waals surface area (Å²) in [6.07, 6.45) is 5.47. The number of carboxylic acids is 1. The summed E-state index contributed by atoms with van der Waals surface area (Å²) >= 11 is 0. The number of urea groups is 1. The molecule has 6 heteroatoms. The quantitative estimate of drug-likeness (QED) is 0.738. The van der Waals surface area contributed by atoms with Crippen LogP contribution in [0.1, 0.15) is 45.4 Å². The van der Waals surface area contributed by atoms with Crippen molar-refractivity contribution in [2.75, 3.05) is 13.2 Å². The van der Waals surface area contributed by atoms with Gasteiger partial charge in [0.05, 0.1) is 12.0 Å². The molecule has 21 heavy (non-hydrogen) atoms. The van der Waals surface area contributed by atoms with Gasteiger partial charge in [-0.05, 0) is 38.5 Å². The minimum Gasteiger partial charge on any atom is -0.481 e. The predicted octanol–water partition coefficient (Wildman–Crippen LogP) is 1.74. The second-order valence-electron chi connectivity index (χ2n) is 6.25. The third-order valence-electron chi connectivity index (χ3n) is 4.57. The van der Waals surface area contributed by atoms with E-state index in [0.717, 1.165) is 38.5 Å². The molecule has 0 bridgehead atoms. The summed E-state index contributed by atoms with van der Waals surface area (Å²) in [5.74, 6) is -1.00. The number of amides is 2. The zero-order chi connectivity index (χ0) is 15.2. The van der Waals surface area contributed by atoms with Crippen molar-refractivity contribution >= 4 is 12.0 Å². The topological polar surface area (TPSA) is 87.7 Å². The molecular weight excluding hydrogens is 272 g/mol. The Morgan fingerprint density at radius 1 is 1.24 bits per heavy atom. The molecule has 4 atom stereocenters. The Bertz CT molecular complexity index is 375. The fraction of sp³-hybridized carbons (Fsp3) is 0.867. The van der Waals surface area contributed by atoms with Crippen molar-refractivity contribution in [3.8, 4) is 0 Å². The lowest BCUT2D eigenvalue weighted by atomic mass is 9.79. The fourth-order valence-corrected chi connectivity index (χ4v) is 3.37. The lowest BCUT2D eigenvalue weighted by molar-refractivity contribution is -0.144. The normalized spacial score (nSPS) is 33.2. The second-order valence-corrected chi connectivity index (χ2v) is 6.25. The van der Waals surface area contributed by atoms with E-state index in [4.69, 9.17) is 4.74 Å². The van der Waals surface area contributed by atoms with Gasteiger partial charge < -0.3 is 20.5 Å². The third-order valence-corrected chi connectivity index (χ3v) is 4.57. The van der Waals surface area contributed by atoms with E-state index in [-0.39, 0.29) is 30.0 Å². The van der Waals surface area contributed by atoms with Crippen molar-refractivity contribution < 1.29 is 19.4 Å². The van der Waals surface area contributed by atoms with E-state index in [2.05, 4.69) is 10.6 Å². The van der Waals surface area contributed by atoms with E-state index in [1.165, 1.54) is 0 Å². The number of hydrogen-bond acceptors (Lipinski definition) is 3. The summed E-state index contributed by atoms with van der Waals surface area (Å²) in [4.78, 5) is 23.1. The Hall–Kier alpha value is -1.30. The smallest absolute Gasteiger partial charge is 0.315 e. The largest absolute Gasteiger partial charge is 0.481 e. The number of hydrogen-bond donors (Lipinski definition) is 3. The van der Waals surface area contributed by atoms with Gasteiger partial charge in [-0.25, -0.2) is 4.79 Å². The Labute approximate surface area is 125 Å². The van der Waals surface area contributed by atoms with Crippen LogP contribution in [0, 0.1) is 11.8 Å². The Morgan fingerprint density at radius 3 is 2.71 bits per heavy atom. The van der Waals surface area contributed by atoms with Gasteiger partial charge in [-0.3, -0.25) is 4.79 Å².